The van der Waals surface area contributed by atoms with Gasteiger partial charge in [0.25, 0.3) is 0 Å². The van der Waals surface area contributed by atoms with Crippen molar-refractivity contribution in [2.75, 3.05) is 4.90 Å². The maximum Gasteiger partial charge on any atom is 0.238 e. The van der Waals surface area contributed by atoms with Crippen molar-refractivity contribution in [1.29, 1.82) is 0 Å². The molecule has 1 aliphatic heterocycles. The molecule has 112 valence electrons. The van der Waals surface area contributed by atoms with Crippen LogP contribution in [0, 0.1) is 30.6 Å². The Bertz CT molecular complexity index is 703. The number of allylic oxidation sites excluding steroid dienone is 4. The van der Waals surface area contributed by atoms with Crippen molar-refractivity contribution in [2.45, 2.75) is 20.8 Å². The van der Waals surface area contributed by atoms with Gasteiger partial charge >= 0.3 is 0 Å². The standard InChI is InChI=1S/C19H19NO2/c1-10(2)15-13-8-9-14(15)17-16(13)18(21)20(19(17)22)12-6-4-11(3)5-7-12/h4-9,13-14,16-17H,1-3H3/t13-,14+,16-,17+. The Labute approximate surface area is 130 Å². The quantitative estimate of drug-likeness (QED) is 0.589. The topological polar surface area (TPSA) is 37.4 Å². The molecule has 1 aromatic carbocycles. The van der Waals surface area contributed by atoms with Crippen LogP contribution in [0.5, 0.6) is 0 Å². The molecule has 22 heavy (non-hydrogen) atoms. The largest absolute Gasteiger partial charge is 0.274 e. The van der Waals surface area contributed by atoms with Crippen molar-refractivity contribution in [3.63, 3.8) is 0 Å². The molecular weight excluding hydrogens is 274 g/mol. The van der Waals surface area contributed by atoms with Gasteiger partial charge in [-0.3, -0.25) is 9.59 Å². The first-order chi connectivity index (χ1) is 10.5. The summed E-state index contributed by atoms with van der Waals surface area (Å²) in [4.78, 5) is 27.2. The minimum atomic E-state index is -0.200. The highest BCUT2D eigenvalue weighted by Crippen LogP contribution is 2.57. The van der Waals surface area contributed by atoms with Crippen LogP contribution in [0.15, 0.2) is 47.6 Å². The van der Waals surface area contributed by atoms with Gasteiger partial charge in [0.05, 0.1) is 17.5 Å². The van der Waals surface area contributed by atoms with Gasteiger partial charge in [0.2, 0.25) is 11.8 Å². The Kier molecular flexibility index (Phi) is 2.71. The third kappa shape index (κ3) is 1.57. The van der Waals surface area contributed by atoms with E-state index in [1.54, 1.807) is 0 Å². The van der Waals surface area contributed by atoms with Gasteiger partial charge in [0.1, 0.15) is 0 Å². The number of hydrogen-bond donors (Lipinski definition) is 0. The molecule has 0 radical (unpaired) electrons. The normalized spacial score (nSPS) is 32.1. The van der Waals surface area contributed by atoms with Crippen LogP contribution in [0.4, 0.5) is 5.69 Å². The minimum absolute atomic E-state index is 0.0329. The van der Waals surface area contributed by atoms with Gasteiger partial charge in [-0.15, -0.1) is 0 Å². The highest BCUT2D eigenvalue weighted by molar-refractivity contribution is 6.23. The second-order valence-corrected chi connectivity index (χ2v) is 6.79. The van der Waals surface area contributed by atoms with Crippen molar-refractivity contribution < 1.29 is 9.59 Å². The van der Waals surface area contributed by atoms with E-state index in [2.05, 4.69) is 26.0 Å². The monoisotopic (exact) mass is 293 g/mol. The lowest BCUT2D eigenvalue weighted by molar-refractivity contribution is -0.122. The Morgan fingerprint density at radius 2 is 1.41 bits per heavy atom. The molecule has 3 aliphatic rings. The molecule has 2 amide bonds. The molecule has 3 nitrogen and oxygen atoms in total. The Balaban J connectivity index is 1.76. The molecule has 3 heteroatoms. The fourth-order valence-corrected chi connectivity index (χ4v) is 4.38. The molecule has 2 bridgehead atoms. The van der Waals surface area contributed by atoms with Crippen molar-refractivity contribution in [2.24, 2.45) is 23.7 Å². The molecule has 0 spiro atoms. The van der Waals surface area contributed by atoms with Crippen LogP contribution in [0.1, 0.15) is 19.4 Å². The van der Waals surface area contributed by atoms with Gasteiger partial charge in [0, 0.05) is 11.8 Å². The van der Waals surface area contributed by atoms with Gasteiger partial charge in [-0.2, -0.15) is 0 Å². The van der Waals surface area contributed by atoms with Crippen molar-refractivity contribution in [3.8, 4) is 0 Å². The van der Waals surface area contributed by atoms with E-state index in [-0.39, 0.29) is 35.5 Å². The van der Waals surface area contributed by atoms with Crippen LogP contribution in [-0.2, 0) is 9.59 Å². The fraction of sp³-hybridized carbons (Fsp3) is 0.368. The second-order valence-electron chi connectivity index (χ2n) is 6.79. The summed E-state index contributed by atoms with van der Waals surface area (Å²) in [5.41, 5.74) is 4.36. The lowest BCUT2D eigenvalue weighted by Crippen LogP contribution is -2.33. The van der Waals surface area contributed by atoms with E-state index in [9.17, 15) is 9.59 Å². The van der Waals surface area contributed by atoms with E-state index in [4.69, 9.17) is 0 Å². The maximum atomic E-state index is 12.9. The molecule has 1 saturated heterocycles. The number of anilines is 1. The number of benzene rings is 1. The molecule has 0 aromatic heterocycles. The number of rotatable bonds is 1. The summed E-state index contributed by atoms with van der Waals surface area (Å²) in [5, 5.41) is 0. The van der Waals surface area contributed by atoms with Gasteiger partial charge in [-0.1, -0.05) is 41.0 Å². The van der Waals surface area contributed by atoms with Gasteiger partial charge in [-0.25, -0.2) is 4.90 Å². The summed E-state index contributed by atoms with van der Waals surface area (Å²) in [6.07, 6.45) is 4.25. The molecule has 2 aliphatic carbocycles. The summed E-state index contributed by atoms with van der Waals surface area (Å²) in [7, 11) is 0. The number of carbonyl (C=O) groups is 2. The molecule has 0 N–H and O–H groups in total. The van der Waals surface area contributed by atoms with Crippen LogP contribution >= 0.6 is 0 Å². The molecule has 0 unspecified atom stereocenters. The average Bonchev–Trinajstić information content (AvgIpc) is 3.11. The number of hydrogen-bond acceptors (Lipinski definition) is 2. The van der Waals surface area contributed by atoms with Crippen LogP contribution in [0.2, 0.25) is 0 Å². The first-order valence-electron chi connectivity index (χ1n) is 7.81. The van der Waals surface area contributed by atoms with Crippen molar-refractivity contribution in [3.05, 3.63) is 53.1 Å². The van der Waals surface area contributed by atoms with E-state index >= 15 is 0 Å². The maximum absolute atomic E-state index is 12.9. The van der Waals surface area contributed by atoms with E-state index in [0.717, 1.165) is 5.56 Å². The zero-order chi connectivity index (χ0) is 15.6. The summed E-state index contributed by atoms with van der Waals surface area (Å²) >= 11 is 0. The lowest BCUT2D eigenvalue weighted by atomic mass is 9.85. The highest BCUT2D eigenvalue weighted by atomic mass is 16.2. The summed E-state index contributed by atoms with van der Waals surface area (Å²) < 4.78 is 0. The predicted molar refractivity (Wildman–Crippen MR) is 85.1 cm³/mol. The third-order valence-electron chi connectivity index (χ3n) is 5.29. The van der Waals surface area contributed by atoms with E-state index in [1.807, 2.05) is 31.2 Å². The van der Waals surface area contributed by atoms with Gasteiger partial charge in [-0.05, 0) is 32.9 Å². The smallest absolute Gasteiger partial charge is 0.238 e. The van der Waals surface area contributed by atoms with Gasteiger partial charge < -0.3 is 0 Å². The number of carbonyl (C=O) groups excluding carboxylic acids is 2. The highest BCUT2D eigenvalue weighted by Gasteiger charge is 2.61. The summed E-state index contributed by atoms with van der Waals surface area (Å²) in [6.45, 7) is 6.16. The molecule has 4 atom stereocenters. The molecule has 2 fully saturated rings. The van der Waals surface area contributed by atoms with E-state index in [1.165, 1.54) is 16.0 Å². The SMILES string of the molecule is CC(C)=C1[C@H]2C=C[C@@H]1[C@@H]1C(=O)N(c3ccc(C)cc3)C(=O)[C@@H]12. The van der Waals surface area contributed by atoms with E-state index in [0.29, 0.717) is 5.69 Å². The Morgan fingerprint density at radius 3 is 1.86 bits per heavy atom. The number of imide groups is 1. The molecule has 1 saturated carbocycles. The molecule has 4 rings (SSSR count). The van der Waals surface area contributed by atoms with Crippen LogP contribution < -0.4 is 4.90 Å². The third-order valence-corrected chi connectivity index (χ3v) is 5.29. The average molecular weight is 293 g/mol. The first-order valence-corrected chi connectivity index (χ1v) is 7.81. The van der Waals surface area contributed by atoms with Crippen LogP contribution in [-0.4, -0.2) is 11.8 Å². The molecule has 1 aromatic rings. The van der Waals surface area contributed by atoms with Crippen LogP contribution in [0.25, 0.3) is 0 Å². The number of fused-ring (bicyclic) bond motifs is 5. The van der Waals surface area contributed by atoms with Crippen molar-refractivity contribution in [1.82, 2.24) is 0 Å². The summed E-state index contributed by atoms with van der Waals surface area (Å²) in [5.74, 6) is -0.231. The predicted octanol–water partition coefficient (Wildman–Crippen LogP) is 3.25. The number of aryl methyl sites for hydroxylation is 1. The number of amides is 2. The second kappa shape index (κ2) is 4.42. The Hall–Kier alpha value is -2.16. The molecular formula is C19H19NO2. The first kappa shape index (κ1) is 13.5. The summed E-state index contributed by atoms with van der Waals surface area (Å²) in [6, 6.07) is 7.61. The lowest BCUT2D eigenvalue weighted by Gasteiger charge is -2.19. The van der Waals surface area contributed by atoms with E-state index < -0.39 is 0 Å². The van der Waals surface area contributed by atoms with Crippen LogP contribution in [0.3, 0.4) is 0 Å². The number of nitrogens with zero attached hydrogens (tertiary/aromatic N) is 1. The zero-order valence-electron chi connectivity index (χ0n) is 13.0. The van der Waals surface area contributed by atoms with Gasteiger partial charge in [0.15, 0.2) is 0 Å². The fourth-order valence-electron chi connectivity index (χ4n) is 4.38. The zero-order valence-corrected chi connectivity index (χ0v) is 13.0. The van der Waals surface area contributed by atoms with Crippen molar-refractivity contribution >= 4 is 17.5 Å². The minimum Gasteiger partial charge on any atom is -0.274 e. The Morgan fingerprint density at radius 1 is 0.909 bits per heavy atom. The molecule has 1 heterocycles.